The van der Waals surface area contributed by atoms with Gasteiger partial charge in [0.1, 0.15) is 0 Å². The lowest BCUT2D eigenvalue weighted by molar-refractivity contribution is 0.590. The third kappa shape index (κ3) is 12.4. The molecule has 6 aliphatic heterocycles. The van der Waals surface area contributed by atoms with Gasteiger partial charge < -0.3 is 29.4 Å². The summed E-state index contributed by atoms with van der Waals surface area (Å²) in [5, 5.41) is 0. The van der Waals surface area contributed by atoms with Gasteiger partial charge >= 0.3 is 0 Å². The zero-order valence-corrected chi connectivity index (χ0v) is 76.2. The number of fused-ring (bicyclic) bond motifs is 12. The van der Waals surface area contributed by atoms with E-state index < -0.39 is 0 Å². The van der Waals surface area contributed by atoms with E-state index in [2.05, 4.69) is 435 Å². The Balaban J connectivity index is 0.974. The molecule has 13 aromatic carbocycles. The van der Waals surface area contributed by atoms with E-state index in [-0.39, 0.29) is 52.6 Å². The van der Waals surface area contributed by atoms with E-state index in [0.717, 1.165) is 22.7 Å². The SMILES string of the molecule is Cc1cc(C)c(N2c3cc4c(cc3B3c5cc6c(cc5N(c5ccc(C(C)(C)C)cc5)c5cc(C)cc2c53)N(c2c(C)cc(C)cc2C)c2cc(C)cc3c2B6c2cc(C(C)(C)C)ccc2N3c2ccc(C(C)(C)C)cc2)B2c3cc(C(C)(C)C)ccc3N(c3ccc(C(C)(C)C)cc3)c3cc(C)cc(c32)N4c2ccc(C(C)(C)C)cc2)c(C)c1. The summed E-state index contributed by atoms with van der Waals surface area (Å²) in [5.41, 5.74) is 51.8. The maximum absolute atomic E-state index is 2.78. The molecule has 0 aliphatic carbocycles. The Kier molecular flexibility index (Phi) is 17.7. The van der Waals surface area contributed by atoms with Gasteiger partial charge in [0.15, 0.2) is 0 Å². The van der Waals surface area contributed by atoms with Gasteiger partial charge in [0.25, 0.3) is 20.1 Å². The molecule has 0 saturated carbocycles. The first-order valence-electron chi connectivity index (χ1n) is 44.0. The van der Waals surface area contributed by atoms with Crippen LogP contribution < -0.4 is 78.6 Å². The topological polar surface area (TPSA) is 19.4 Å². The molecule has 0 radical (unpaired) electrons. The van der Waals surface area contributed by atoms with E-state index in [1.54, 1.807) is 0 Å². The van der Waals surface area contributed by atoms with E-state index >= 15 is 0 Å². The predicted octanol–water partition coefficient (Wildman–Crippen LogP) is 24.5. The fourth-order valence-electron chi connectivity index (χ4n) is 21.4. The summed E-state index contributed by atoms with van der Waals surface area (Å²) in [6, 6.07) is 89.0. The number of hydrogen-bond donors (Lipinski definition) is 0. The molecular weight excluding hydrogens is 1450 g/mol. The summed E-state index contributed by atoms with van der Waals surface area (Å²) in [5.74, 6) is 0. The molecule has 0 aromatic heterocycles. The third-order valence-corrected chi connectivity index (χ3v) is 27.3. The highest BCUT2D eigenvalue weighted by Gasteiger charge is 2.52. The second-order valence-electron chi connectivity index (χ2n) is 42.6. The highest BCUT2D eigenvalue weighted by Crippen LogP contribution is 2.55. The number of nitrogens with zero attached hydrogens (tertiary/aromatic N) is 6. The van der Waals surface area contributed by atoms with Crippen LogP contribution in [0, 0.1) is 62.3 Å². The lowest BCUT2D eigenvalue weighted by Crippen LogP contribution is -2.67. The normalized spacial score (nSPS) is 14.5. The highest BCUT2D eigenvalue weighted by molar-refractivity contribution is 7.04. The van der Waals surface area contributed by atoms with Crippen molar-refractivity contribution in [3.8, 4) is 0 Å². The molecule has 0 amide bonds. The molecule has 0 atom stereocenters. The molecule has 0 N–H and O–H groups in total. The largest absolute Gasteiger partial charge is 0.311 e. The van der Waals surface area contributed by atoms with Crippen LogP contribution in [0.3, 0.4) is 0 Å². The lowest BCUT2D eigenvalue weighted by Gasteiger charge is -2.49. The minimum absolute atomic E-state index is 0.0200. The van der Waals surface area contributed by atoms with Crippen LogP contribution in [0.2, 0.25) is 0 Å². The summed E-state index contributed by atoms with van der Waals surface area (Å²) in [4.78, 5) is 16.1. The molecule has 120 heavy (non-hydrogen) atoms. The standard InChI is InChI=1S/C111H117B3N6/c1-64-48-69(6)104(70(7)49-64)119-93-63-92-86(61-87(93)113-84-59-78(111(25,26)27)37-47-90(84)116(96-53-67(4)56-99(119)102(96)113)80-40-30-74(31-41-80)107(13,14)15)114-88-60-85-91(62-94(88)120(105-71(8)50-65(2)51-72(105)9)100-57-68(5)55-98(103(100)114)118(92)82-44-34-76(35-45-82)109(19,20)21)117(81-42-32-75(33-43-81)108(16,17)18)97-54-66(3)52-95-101(97)112(85)83-58-77(110(22,23)24)36-46-89(83)115(95)79-38-28-73(29-39-79)106(10,11)12/h28-63H,1-27H3. The van der Waals surface area contributed by atoms with Crippen LogP contribution in [-0.2, 0) is 32.5 Å². The molecule has 6 nitrogen and oxygen atoms in total. The van der Waals surface area contributed by atoms with E-state index in [1.165, 1.54) is 212 Å². The van der Waals surface area contributed by atoms with Crippen molar-refractivity contribution >= 4 is 172 Å². The van der Waals surface area contributed by atoms with Crippen LogP contribution in [0.4, 0.5) is 102 Å². The van der Waals surface area contributed by atoms with Gasteiger partial charge in [-0.05, 0) is 325 Å². The number of benzene rings is 13. The molecule has 6 heterocycles. The second-order valence-corrected chi connectivity index (χ2v) is 42.6. The molecular formula is C111H117B3N6. The van der Waals surface area contributed by atoms with Crippen LogP contribution in [-0.4, -0.2) is 20.1 Å². The van der Waals surface area contributed by atoms with Gasteiger partial charge in [-0.15, -0.1) is 0 Å². The quantitative estimate of drug-likeness (QED) is 0.153. The zero-order chi connectivity index (χ0) is 84.9. The van der Waals surface area contributed by atoms with Crippen LogP contribution in [0.5, 0.6) is 0 Å². The van der Waals surface area contributed by atoms with Gasteiger partial charge in [0.05, 0.1) is 11.4 Å². The zero-order valence-electron chi connectivity index (χ0n) is 76.2. The van der Waals surface area contributed by atoms with Crippen LogP contribution in [0.15, 0.2) is 218 Å². The Hall–Kier alpha value is -11.1. The maximum atomic E-state index is 2.78. The van der Waals surface area contributed by atoms with Crippen molar-refractivity contribution in [2.75, 3.05) is 29.4 Å². The summed E-state index contributed by atoms with van der Waals surface area (Å²) >= 11 is 0. The molecule has 0 saturated heterocycles. The van der Waals surface area contributed by atoms with Crippen molar-refractivity contribution in [2.45, 2.75) is 219 Å². The Morgan fingerprint density at radius 3 is 0.600 bits per heavy atom. The second kappa shape index (κ2) is 26.9. The van der Waals surface area contributed by atoms with Crippen molar-refractivity contribution in [3.05, 3.63) is 302 Å². The molecule has 600 valence electrons. The maximum Gasteiger partial charge on any atom is 0.252 e. The Labute approximate surface area is 717 Å². The molecule has 6 aliphatic rings. The van der Waals surface area contributed by atoms with E-state index in [0.29, 0.717) is 0 Å². The fourth-order valence-corrected chi connectivity index (χ4v) is 21.4. The van der Waals surface area contributed by atoms with Crippen molar-refractivity contribution in [3.63, 3.8) is 0 Å². The number of aryl methyl sites for hydroxylation is 9. The number of hydrogen-bond acceptors (Lipinski definition) is 6. The molecule has 0 bridgehead atoms. The first-order valence-corrected chi connectivity index (χ1v) is 44.0. The van der Waals surface area contributed by atoms with Crippen molar-refractivity contribution in [2.24, 2.45) is 0 Å². The van der Waals surface area contributed by atoms with Gasteiger partial charge in [0.2, 0.25) is 0 Å². The first kappa shape index (κ1) is 78.7. The predicted molar refractivity (Wildman–Crippen MR) is 523 cm³/mol. The molecule has 0 fully saturated rings. The van der Waals surface area contributed by atoms with Crippen molar-refractivity contribution < 1.29 is 0 Å². The summed E-state index contributed by atoms with van der Waals surface area (Å²) < 4.78 is 0. The van der Waals surface area contributed by atoms with E-state index in [4.69, 9.17) is 0 Å². The number of anilines is 18. The molecule has 0 spiro atoms. The summed E-state index contributed by atoms with van der Waals surface area (Å²) in [6.07, 6.45) is 0. The smallest absolute Gasteiger partial charge is 0.252 e. The average molecular weight is 1570 g/mol. The first-order chi connectivity index (χ1) is 56.5. The van der Waals surface area contributed by atoms with Crippen molar-refractivity contribution in [1.82, 2.24) is 0 Å². The monoisotopic (exact) mass is 1570 g/mol. The van der Waals surface area contributed by atoms with Crippen LogP contribution in [0.25, 0.3) is 0 Å². The van der Waals surface area contributed by atoms with Crippen molar-refractivity contribution in [1.29, 1.82) is 0 Å². The summed E-state index contributed by atoms with van der Waals surface area (Å²) in [6.45, 7) is 62.6. The number of rotatable bonds is 6. The van der Waals surface area contributed by atoms with Crippen LogP contribution in [0.1, 0.15) is 208 Å². The fraction of sp³-hybridized carbons (Fsp3) is 0.297. The van der Waals surface area contributed by atoms with Gasteiger partial charge in [-0.3, -0.25) is 0 Å². The Morgan fingerprint density at radius 2 is 0.367 bits per heavy atom. The van der Waals surface area contributed by atoms with Gasteiger partial charge in [-0.2, -0.15) is 0 Å². The summed E-state index contributed by atoms with van der Waals surface area (Å²) in [7, 11) is 0. The minimum atomic E-state index is -0.277. The van der Waals surface area contributed by atoms with Crippen LogP contribution >= 0.6 is 0 Å². The van der Waals surface area contributed by atoms with Gasteiger partial charge in [-0.1, -0.05) is 245 Å². The highest BCUT2D eigenvalue weighted by atomic mass is 15.2. The Morgan fingerprint density at radius 1 is 0.175 bits per heavy atom. The molecule has 13 aromatic rings. The van der Waals surface area contributed by atoms with E-state index in [1.807, 2.05) is 0 Å². The van der Waals surface area contributed by atoms with Gasteiger partial charge in [-0.25, -0.2) is 0 Å². The molecule has 19 rings (SSSR count). The Bertz CT molecular complexity index is 6430. The minimum Gasteiger partial charge on any atom is -0.311 e. The molecule has 0 unspecified atom stereocenters. The van der Waals surface area contributed by atoms with E-state index in [9.17, 15) is 0 Å². The lowest BCUT2D eigenvalue weighted by atomic mass is 9.29. The van der Waals surface area contributed by atoms with Gasteiger partial charge in [0, 0.05) is 91.0 Å². The molecule has 9 heteroatoms. The third-order valence-electron chi connectivity index (χ3n) is 27.3. The average Bonchev–Trinajstić information content (AvgIpc) is 0.675.